The summed E-state index contributed by atoms with van der Waals surface area (Å²) in [5.41, 5.74) is 3.12. The third-order valence-corrected chi connectivity index (χ3v) is 7.52. The molecule has 3 aromatic carbocycles. The van der Waals surface area contributed by atoms with Gasteiger partial charge >= 0.3 is 0 Å². The number of carbonyl (C=O) groups is 2. The molecular weight excluding hydrogens is 460 g/mol. The third kappa shape index (κ3) is 5.50. The van der Waals surface area contributed by atoms with Crippen molar-refractivity contribution in [1.29, 1.82) is 0 Å². The molecule has 0 saturated carbocycles. The van der Waals surface area contributed by atoms with Crippen molar-refractivity contribution in [2.45, 2.75) is 25.7 Å². The lowest BCUT2D eigenvalue weighted by molar-refractivity contribution is -0.116. The Kier molecular flexibility index (Phi) is 7.37. The molecule has 0 aliphatic carbocycles. The van der Waals surface area contributed by atoms with E-state index in [0.717, 1.165) is 9.87 Å². The first kappa shape index (κ1) is 24.6. The summed E-state index contributed by atoms with van der Waals surface area (Å²) in [5, 5.41) is 3.00. The van der Waals surface area contributed by atoms with Crippen molar-refractivity contribution in [2.24, 2.45) is 0 Å². The van der Waals surface area contributed by atoms with E-state index in [1.54, 1.807) is 62.4 Å². The average Bonchev–Trinajstić information content (AvgIpc) is 2.74. The van der Waals surface area contributed by atoms with Gasteiger partial charge in [0.1, 0.15) is 0 Å². The fraction of sp³-hybridized carbons (Fsp3) is 0.200. The zero-order valence-electron chi connectivity index (χ0n) is 18.8. The van der Waals surface area contributed by atoms with E-state index in [4.69, 9.17) is 11.6 Å². The lowest BCUT2D eigenvalue weighted by Gasteiger charge is -2.20. The predicted molar refractivity (Wildman–Crippen MR) is 130 cm³/mol. The van der Waals surface area contributed by atoms with Gasteiger partial charge in [-0.15, -0.1) is 0 Å². The summed E-state index contributed by atoms with van der Waals surface area (Å²) in [7, 11) is -2.54. The first-order valence-corrected chi connectivity index (χ1v) is 12.1. The number of carbonyl (C=O) groups excluding carboxylic acids is 2. The van der Waals surface area contributed by atoms with Gasteiger partial charge in [0.05, 0.1) is 17.1 Å². The number of ketones is 1. The van der Waals surface area contributed by atoms with Crippen LogP contribution in [0.5, 0.6) is 0 Å². The van der Waals surface area contributed by atoms with Crippen LogP contribution in [0.3, 0.4) is 0 Å². The summed E-state index contributed by atoms with van der Waals surface area (Å²) in [6, 6.07) is 16.8. The van der Waals surface area contributed by atoms with Crippen molar-refractivity contribution in [1.82, 2.24) is 4.31 Å². The molecule has 0 aliphatic rings. The monoisotopic (exact) mass is 484 g/mol. The molecule has 0 aromatic heterocycles. The molecule has 0 spiro atoms. The highest BCUT2D eigenvalue weighted by Gasteiger charge is 2.27. The molecule has 0 aliphatic heterocycles. The number of nitrogens with zero attached hydrogens (tertiary/aromatic N) is 1. The molecule has 33 heavy (non-hydrogen) atoms. The largest absolute Gasteiger partial charge is 0.324 e. The molecule has 172 valence electrons. The zero-order valence-corrected chi connectivity index (χ0v) is 20.4. The predicted octanol–water partition coefficient (Wildman–Crippen LogP) is 4.76. The number of amides is 1. The minimum absolute atomic E-state index is 0.190. The van der Waals surface area contributed by atoms with Gasteiger partial charge in [-0.1, -0.05) is 59.6 Å². The number of nitrogens with one attached hydrogen (secondary N) is 1. The highest BCUT2D eigenvalue weighted by molar-refractivity contribution is 7.89. The third-order valence-electron chi connectivity index (χ3n) is 5.18. The molecule has 1 amide bonds. The molecule has 3 aromatic rings. The Hall–Kier alpha value is -3.00. The standard InChI is InChI=1S/C25H25ClN2O4S/c1-16-12-17(2)25(18(3)13-16)33(31,32)28(4)15-23(29)27-22-11-10-20(26)14-21(22)24(30)19-8-6-5-7-9-19/h5-14H,15H2,1-4H3,(H,27,29). The van der Waals surface area contributed by atoms with Crippen molar-refractivity contribution < 1.29 is 18.0 Å². The summed E-state index contributed by atoms with van der Waals surface area (Å²) in [5.74, 6) is -0.881. The van der Waals surface area contributed by atoms with Gasteiger partial charge in [-0.2, -0.15) is 4.31 Å². The van der Waals surface area contributed by atoms with Gasteiger partial charge in [-0.25, -0.2) is 8.42 Å². The molecule has 8 heteroatoms. The number of hydrogen-bond acceptors (Lipinski definition) is 4. The van der Waals surface area contributed by atoms with E-state index in [0.29, 0.717) is 21.7 Å². The van der Waals surface area contributed by atoms with Crippen LogP contribution in [0.15, 0.2) is 65.6 Å². The Morgan fingerprint density at radius 1 is 0.939 bits per heavy atom. The van der Waals surface area contributed by atoms with Crippen LogP contribution in [0.2, 0.25) is 5.02 Å². The minimum atomic E-state index is -3.90. The minimum Gasteiger partial charge on any atom is -0.324 e. The van der Waals surface area contributed by atoms with E-state index in [1.165, 1.54) is 19.2 Å². The number of likely N-dealkylation sites (N-methyl/N-ethyl adjacent to an activating group) is 1. The van der Waals surface area contributed by atoms with Crippen molar-refractivity contribution in [3.05, 3.63) is 93.5 Å². The van der Waals surface area contributed by atoms with Crippen LogP contribution in [-0.4, -0.2) is 38.0 Å². The van der Waals surface area contributed by atoms with Crippen LogP contribution < -0.4 is 5.32 Å². The van der Waals surface area contributed by atoms with E-state index in [2.05, 4.69) is 5.32 Å². The van der Waals surface area contributed by atoms with Gasteiger partial charge in [0.25, 0.3) is 0 Å². The molecule has 0 bridgehead atoms. The Morgan fingerprint density at radius 3 is 2.15 bits per heavy atom. The van der Waals surface area contributed by atoms with E-state index in [-0.39, 0.29) is 21.9 Å². The Labute approximate surface area is 199 Å². The number of sulfonamides is 1. The maximum atomic E-state index is 13.2. The molecule has 0 atom stereocenters. The summed E-state index contributed by atoms with van der Waals surface area (Å²) in [6.45, 7) is 4.94. The normalized spacial score (nSPS) is 11.5. The van der Waals surface area contributed by atoms with Crippen LogP contribution in [0, 0.1) is 20.8 Å². The van der Waals surface area contributed by atoms with Crippen LogP contribution >= 0.6 is 11.6 Å². The molecule has 0 unspecified atom stereocenters. The fourth-order valence-electron chi connectivity index (χ4n) is 3.76. The summed E-state index contributed by atoms with van der Waals surface area (Å²) >= 11 is 6.09. The van der Waals surface area contributed by atoms with Gasteiger partial charge in [0, 0.05) is 23.2 Å². The molecular formula is C25H25ClN2O4S. The summed E-state index contributed by atoms with van der Waals surface area (Å²) in [6.07, 6.45) is 0. The quantitative estimate of drug-likeness (QED) is 0.490. The number of halogens is 1. The second-order valence-corrected chi connectivity index (χ2v) is 10.3. The molecule has 0 radical (unpaired) electrons. The van der Waals surface area contributed by atoms with E-state index in [1.807, 2.05) is 6.92 Å². The molecule has 0 fully saturated rings. The van der Waals surface area contributed by atoms with Crippen molar-refractivity contribution >= 4 is 39.0 Å². The smallest absolute Gasteiger partial charge is 0.243 e. The van der Waals surface area contributed by atoms with Crippen LogP contribution in [-0.2, 0) is 14.8 Å². The Bertz CT molecular complexity index is 1300. The Morgan fingerprint density at radius 2 is 1.55 bits per heavy atom. The summed E-state index contributed by atoms with van der Waals surface area (Å²) in [4.78, 5) is 25.9. The SMILES string of the molecule is Cc1cc(C)c(S(=O)(=O)N(C)CC(=O)Nc2ccc(Cl)cc2C(=O)c2ccccc2)c(C)c1. The molecule has 0 saturated heterocycles. The second kappa shape index (κ2) is 9.87. The average molecular weight is 485 g/mol. The maximum Gasteiger partial charge on any atom is 0.243 e. The van der Waals surface area contributed by atoms with E-state index >= 15 is 0 Å². The van der Waals surface area contributed by atoms with Gasteiger partial charge in [-0.05, 0) is 50.1 Å². The van der Waals surface area contributed by atoms with Crippen LogP contribution in [0.1, 0.15) is 32.6 Å². The highest BCUT2D eigenvalue weighted by atomic mass is 35.5. The van der Waals surface area contributed by atoms with Crippen LogP contribution in [0.4, 0.5) is 5.69 Å². The van der Waals surface area contributed by atoms with Crippen molar-refractivity contribution in [2.75, 3.05) is 18.9 Å². The summed E-state index contributed by atoms with van der Waals surface area (Å²) < 4.78 is 27.3. The van der Waals surface area contributed by atoms with Gasteiger partial charge < -0.3 is 5.32 Å². The fourth-order valence-corrected chi connectivity index (χ4v) is 5.47. The number of benzene rings is 3. The second-order valence-electron chi connectivity index (χ2n) is 7.92. The lowest BCUT2D eigenvalue weighted by Crippen LogP contribution is -2.35. The van der Waals surface area contributed by atoms with Crippen LogP contribution in [0.25, 0.3) is 0 Å². The van der Waals surface area contributed by atoms with Gasteiger partial charge in [0.15, 0.2) is 5.78 Å². The van der Waals surface area contributed by atoms with Crippen molar-refractivity contribution in [3.63, 3.8) is 0 Å². The highest BCUT2D eigenvalue weighted by Crippen LogP contribution is 2.26. The maximum absolute atomic E-state index is 13.2. The first-order chi connectivity index (χ1) is 15.5. The van der Waals surface area contributed by atoms with E-state index in [9.17, 15) is 18.0 Å². The molecule has 0 heterocycles. The van der Waals surface area contributed by atoms with Gasteiger partial charge in [0.2, 0.25) is 15.9 Å². The molecule has 3 rings (SSSR count). The van der Waals surface area contributed by atoms with E-state index < -0.39 is 22.5 Å². The number of aryl methyl sites for hydroxylation is 3. The van der Waals surface area contributed by atoms with Gasteiger partial charge in [-0.3, -0.25) is 9.59 Å². The molecule has 1 N–H and O–H groups in total. The number of anilines is 1. The zero-order chi connectivity index (χ0) is 24.3. The number of hydrogen-bond donors (Lipinski definition) is 1. The number of rotatable bonds is 7. The van der Waals surface area contributed by atoms with Crippen molar-refractivity contribution in [3.8, 4) is 0 Å². The first-order valence-electron chi connectivity index (χ1n) is 10.2. The Balaban J connectivity index is 1.84. The topological polar surface area (TPSA) is 83.6 Å². The molecule has 6 nitrogen and oxygen atoms in total. The lowest BCUT2D eigenvalue weighted by atomic mass is 10.0.